The Labute approximate surface area is 112 Å². The van der Waals surface area contributed by atoms with Gasteiger partial charge in [-0.2, -0.15) is 0 Å². The maximum absolute atomic E-state index is 10.9. The van der Waals surface area contributed by atoms with Crippen LogP contribution in [0.4, 0.5) is 17.3 Å². The molecule has 0 unspecified atom stereocenters. The zero-order valence-corrected chi connectivity index (χ0v) is 11.4. The van der Waals surface area contributed by atoms with E-state index in [1.807, 2.05) is 6.92 Å². The van der Waals surface area contributed by atoms with Crippen molar-refractivity contribution in [2.45, 2.75) is 33.1 Å². The summed E-state index contributed by atoms with van der Waals surface area (Å²) in [5, 5.41) is 17.2. The average molecular weight is 264 g/mol. The van der Waals surface area contributed by atoms with E-state index in [9.17, 15) is 10.1 Å². The molecule has 1 aliphatic carbocycles. The normalized spacial score (nSPS) is 15.9. The third-order valence-corrected chi connectivity index (χ3v) is 3.38. The van der Waals surface area contributed by atoms with Crippen LogP contribution in [0.15, 0.2) is 12.1 Å². The Bertz CT molecular complexity index is 472. The van der Waals surface area contributed by atoms with Gasteiger partial charge in [-0.05, 0) is 24.7 Å². The molecule has 0 aromatic carbocycles. The van der Waals surface area contributed by atoms with Crippen LogP contribution in [-0.4, -0.2) is 23.0 Å². The van der Waals surface area contributed by atoms with Gasteiger partial charge in [0.2, 0.25) is 0 Å². The Morgan fingerprint density at radius 2 is 2.00 bits per heavy atom. The van der Waals surface area contributed by atoms with E-state index < -0.39 is 0 Å². The minimum atomic E-state index is -0.386. The van der Waals surface area contributed by atoms with Crippen molar-refractivity contribution in [1.29, 1.82) is 0 Å². The largest absolute Gasteiger partial charge is 0.370 e. The van der Waals surface area contributed by atoms with E-state index in [0.717, 1.165) is 19.5 Å². The molecule has 6 heteroatoms. The molecule has 1 saturated carbocycles. The van der Waals surface area contributed by atoms with Crippen molar-refractivity contribution < 1.29 is 4.92 Å². The van der Waals surface area contributed by atoms with Crippen LogP contribution >= 0.6 is 0 Å². The van der Waals surface area contributed by atoms with Crippen molar-refractivity contribution in [3.05, 3.63) is 22.2 Å². The fourth-order valence-corrected chi connectivity index (χ4v) is 1.75. The van der Waals surface area contributed by atoms with Gasteiger partial charge in [0.15, 0.2) is 0 Å². The number of hydrogen-bond acceptors (Lipinski definition) is 5. The van der Waals surface area contributed by atoms with E-state index in [1.54, 1.807) is 0 Å². The first-order valence-corrected chi connectivity index (χ1v) is 6.67. The Morgan fingerprint density at radius 3 is 2.53 bits per heavy atom. The topological polar surface area (TPSA) is 80.1 Å². The van der Waals surface area contributed by atoms with Crippen molar-refractivity contribution in [3.8, 4) is 0 Å². The van der Waals surface area contributed by atoms with E-state index >= 15 is 0 Å². The molecule has 0 amide bonds. The van der Waals surface area contributed by atoms with Gasteiger partial charge in [-0.15, -0.1) is 0 Å². The number of rotatable bonds is 7. The summed E-state index contributed by atoms with van der Waals surface area (Å²) in [7, 11) is 0. The third-order valence-electron chi connectivity index (χ3n) is 3.38. The monoisotopic (exact) mass is 264 g/mol. The van der Waals surface area contributed by atoms with E-state index in [-0.39, 0.29) is 10.6 Å². The molecule has 0 spiro atoms. The summed E-state index contributed by atoms with van der Waals surface area (Å²) in [6.07, 6.45) is 3.36. The van der Waals surface area contributed by atoms with Gasteiger partial charge >= 0.3 is 0 Å². The maximum Gasteiger partial charge on any atom is 0.276 e. The number of hydrogen-bond donors (Lipinski definition) is 2. The van der Waals surface area contributed by atoms with E-state index in [4.69, 9.17) is 0 Å². The Kier molecular flexibility index (Phi) is 3.87. The summed E-state index contributed by atoms with van der Waals surface area (Å²) in [5.41, 5.74) is 0.403. The van der Waals surface area contributed by atoms with Crippen LogP contribution in [0.3, 0.4) is 0 Å². The molecule has 1 aromatic rings. The van der Waals surface area contributed by atoms with Crippen LogP contribution < -0.4 is 10.6 Å². The van der Waals surface area contributed by atoms with Gasteiger partial charge in [-0.3, -0.25) is 10.1 Å². The first-order valence-electron chi connectivity index (χ1n) is 6.67. The standard InChI is InChI=1S/C13H20N4O2/c1-3-6-14-11-7-10(17(18)19)8-12(16-11)15-9-13(2)4-5-13/h7-8H,3-6,9H2,1-2H3,(H2,14,15,16). The molecule has 0 radical (unpaired) electrons. The van der Waals surface area contributed by atoms with Crippen LogP contribution in [0.25, 0.3) is 0 Å². The number of anilines is 2. The lowest BCUT2D eigenvalue weighted by atomic mass is 10.1. The molecule has 6 nitrogen and oxygen atoms in total. The molecule has 1 fully saturated rings. The quantitative estimate of drug-likeness (QED) is 0.584. The molecular formula is C13H20N4O2. The van der Waals surface area contributed by atoms with Crippen molar-refractivity contribution in [2.24, 2.45) is 5.41 Å². The van der Waals surface area contributed by atoms with Crippen LogP contribution in [0, 0.1) is 15.5 Å². The lowest BCUT2D eigenvalue weighted by Crippen LogP contribution is -2.13. The van der Waals surface area contributed by atoms with Gasteiger partial charge in [0.25, 0.3) is 5.69 Å². The summed E-state index contributed by atoms with van der Waals surface area (Å²) in [5.74, 6) is 1.13. The summed E-state index contributed by atoms with van der Waals surface area (Å²) in [6, 6.07) is 2.96. The Balaban J connectivity index is 2.10. The van der Waals surface area contributed by atoms with E-state index in [2.05, 4.69) is 22.5 Å². The predicted molar refractivity (Wildman–Crippen MR) is 75.5 cm³/mol. The zero-order chi connectivity index (χ0) is 13.9. The number of pyridine rings is 1. The van der Waals surface area contributed by atoms with E-state index in [0.29, 0.717) is 17.1 Å². The summed E-state index contributed by atoms with van der Waals surface area (Å²) in [6.45, 7) is 5.81. The molecule has 0 atom stereocenters. The first kappa shape index (κ1) is 13.6. The molecule has 0 aliphatic heterocycles. The molecule has 1 aliphatic rings. The Morgan fingerprint density at radius 1 is 1.37 bits per heavy atom. The highest BCUT2D eigenvalue weighted by Crippen LogP contribution is 2.44. The molecule has 2 rings (SSSR count). The second-order valence-electron chi connectivity index (χ2n) is 5.44. The fourth-order valence-electron chi connectivity index (χ4n) is 1.75. The Hall–Kier alpha value is -1.85. The summed E-state index contributed by atoms with van der Waals surface area (Å²) >= 11 is 0. The molecule has 1 aromatic heterocycles. The summed E-state index contributed by atoms with van der Waals surface area (Å²) < 4.78 is 0. The molecule has 1 heterocycles. The molecule has 0 bridgehead atoms. The van der Waals surface area contributed by atoms with Crippen molar-refractivity contribution in [3.63, 3.8) is 0 Å². The summed E-state index contributed by atoms with van der Waals surface area (Å²) in [4.78, 5) is 14.9. The third kappa shape index (κ3) is 3.81. The molecule has 19 heavy (non-hydrogen) atoms. The van der Waals surface area contributed by atoms with E-state index in [1.165, 1.54) is 25.0 Å². The average Bonchev–Trinajstić information content (AvgIpc) is 3.12. The number of nitrogens with one attached hydrogen (secondary N) is 2. The van der Waals surface area contributed by atoms with Gasteiger partial charge in [0.1, 0.15) is 11.6 Å². The van der Waals surface area contributed by atoms with Crippen LogP contribution in [0.2, 0.25) is 0 Å². The minimum Gasteiger partial charge on any atom is -0.370 e. The minimum absolute atomic E-state index is 0.0667. The lowest BCUT2D eigenvalue weighted by Gasteiger charge is -2.12. The van der Waals surface area contributed by atoms with Crippen LogP contribution in [0.1, 0.15) is 33.1 Å². The van der Waals surface area contributed by atoms with Crippen molar-refractivity contribution in [2.75, 3.05) is 23.7 Å². The number of nitro groups is 1. The van der Waals surface area contributed by atoms with Crippen LogP contribution in [-0.2, 0) is 0 Å². The number of aromatic nitrogens is 1. The molecule has 104 valence electrons. The SMILES string of the molecule is CCCNc1cc([N+](=O)[O-])cc(NCC2(C)CC2)n1. The lowest BCUT2D eigenvalue weighted by molar-refractivity contribution is -0.384. The van der Waals surface area contributed by atoms with Crippen LogP contribution in [0.5, 0.6) is 0 Å². The second kappa shape index (κ2) is 5.42. The van der Waals surface area contributed by atoms with Gasteiger partial charge in [0, 0.05) is 13.1 Å². The first-order chi connectivity index (χ1) is 9.02. The number of nitrogens with zero attached hydrogens (tertiary/aromatic N) is 2. The predicted octanol–water partition coefficient (Wildman–Crippen LogP) is 3.02. The van der Waals surface area contributed by atoms with Gasteiger partial charge in [-0.1, -0.05) is 13.8 Å². The van der Waals surface area contributed by atoms with Crippen molar-refractivity contribution in [1.82, 2.24) is 4.98 Å². The highest BCUT2D eigenvalue weighted by atomic mass is 16.6. The molecule has 2 N–H and O–H groups in total. The highest BCUT2D eigenvalue weighted by molar-refractivity contribution is 5.54. The highest BCUT2D eigenvalue weighted by Gasteiger charge is 2.36. The molecular weight excluding hydrogens is 244 g/mol. The van der Waals surface area contributed by atoms with Crippen molar-refractivity contribution >= 4 is 17.3 Å². The fraction of sp³-hybridized carbons (Fsp3) is 0.615. The van der Waals surface area contributed by atoms with Gasteiger partial charge in [-0.25, -0.2) is 4.98 Å². The smallest absolute Gasteiger partial charge is 0.276 e. The maximum atomic E-state index is 10.9. The second-order valence-corrected chi connectivity index (χ2v) is 5.44. The molecule has 0 saturated heterocycles. The van der Waals surface area contributed by atoms with Gasteiger partial charge < -0.3 is 10.6 Å². The zero-order valence-electron chi connectivity index (χ0n) is 11.4. The van der Waals surface area contributed by atoms with Gasteiger partial charge in [0.05, 0.1) is 17.1 Å².